The molecule has 1 spiro atoms. The van der Waals surface area contributed by atoms with Crippen LogP contribution in [0.15, 0.2) is 42.5 Å². The predicted octanol–water partition coefficient (Wildman–Crippen LogP) is 3.48. The predicted molar refractivity (Wildman–Crippen MR) is 109 cm³/mol. The number of ether oxygens (including phenoxy) is 2. The second-order valence-corrected chi connectivity index (χ2v) is 9.39. The highest BCUT2D eigenvalue weighted by Gasteiger charge is 2.61. The molecule has 2 aromatic rings. The van der Waals surface area contributed by atoms with Gasteiger partial charge in [0.15, 0.2) is 4.87 Å². The molecule has 0 aromatic heterocycles. The lowest BCUT2D eigenvalue weighted by Crippen LogP contribution is -2.48. The molecular formula is C21H22N2O4S. The normalized spacial score (nSPS) is 22.1. The van der Waals surface area contributed by atoms with Crippen molar-refractivity contribution in [3.8, 4) is 11.5 Å². The van der Waals surface area contributed by atoms with Crippen molar-refractivity contribution in [1.82, 2.24) is 4.90 Å². The van der Waals surface area contributed by atoms with Gasteiger partial charge in [-0.15, -0.1) is 11.8 Å². The second kappa shape index (κ2) is 6.44. The molecule has 146 valence electrons. The maximum Gasteiger partial charge on any atom is 0.265 e. The van der Waals surface area contributed by atoms with Gasteiger partial charge in [-0.05, 0) is 50.2 Å². The van der Waals surface area contributed by atoms with Gasteiger partial charge in [-0.25, -0.2) is 0 Å². The fourth-order valence-electron chi connectivity index (χ4n) is 3.84. The fraction of sp³-hybridized carbons (Fsp3) is 0.333. The van der Waals surface area contributed by atoms with E-state index in [2.05, 4.69) is 5.32 Å². The summed E-state index contributed by atoms with van der Waals surface area (Å²) in [5, 5.41) is 2.94. The number of methoxy groups -OCH3 is 2. The van der Waals surface area contributed by atoms with E-state index in [1.54, 1.807) is 49.5 Å². The van der Waals surface area contributed by atoms with Crippen LogP contribution in [-0.2, 0) is 9.67 Å². The minimum absolute atomic E-state index is 0.206. The number of hydrogen-bond donors (Lipinski definition) is 1. The zero-order chi connectivity index (χ0) is 20.1. The first-order valence-corrected chi connectivity index (χ1v) is 9.78. The molecule has 1 saturated heterocycles. The van der Waals surface area contributed by atoms with Crippen LogP contribution in [0.5, 0.6) is 11.5 Å². The van der Waals surface area contributed by atoms with Crippen molar-refractivity contribution in [2.45, 2.75) is 23.5 Å². The van der Waals surface area contributed by atoms with Gasteiger partial charge in [0.1, 0.15) is 11.5 Å². The summed E-state index contributed by atoms with van der Waals surface area (Å²) in [6.07, 6.45) is 0. The Morgan fingerprint density at radius 2 is 1.82 bits per heavy atom. The molecule has 2 aliphatic rings. The van der Waals surface area contributed by atoms with Crippen LogP contribution in [0.4, 0.5) is 5.69 Å². The molecule has 28 heavy (non-hydrogen) atoms. The number of anilines is 1. The number of fused-ring (bicyclic) bond motifs is 2. The zero-order valence-electron chi connectivity index (χ0n) is 16.2. The van der Waals surface area contributed by atoms with E-state index in [1.165, 1.54) is 11.8 Å². The zero-order valence-corrected chi connectivity index (χ0v) is 17.1. The molecule has 0 radical (unpaired) electrons. The quantitative estimate of drug-likeness (QED) is 0.857. The number of hydrogen-bond acceptors (Lipinski definition) is 5. The summed E-state index contributed by atoms with van der Waals surface area (Å²) in [4.78, 5) is 27.3. The highest BCUT2D eigenvalue weighted by Crippen LogP contribution is 2.58. The van der Waals surface area contributed by atoms with Crippen LogP contribution in [0, 0.1) is 0 Å². The Morgan fingerprint density at radius 1 is 1.11 bits per heavy atom. The smallest absolute Gasteiger partial charge is 0.265 e. The van der Waals surface area contributed by atoms with Crippen LogP contribution >= 0.6 is 11.8 Å². The van der Waals surface area contributed by atoms with Gasteiger partial charge < -0.3 is 19.7 Å². The van der Waals surface area contributed by atoms with E-state index < -0.39 is 4.87 Å². The van der Waals surface area contributed by atoms with Crippen LogP contribution < -0.4 is 14.8 Å². The van der Waals surface area contributed by atoms with E-state index in [1.807, 2.05) is 26.0 Å². The van der Waals surface area contributed by atoms with Crippen molar-refractivity contribution in [3.05, 3.63) is 53.6 Å². The number of nitrogens with zero attached hydrogens (tertiary/aromatic N) is 1. The van der Waals surface area contributed by atoms with Crippen LogP contribution in [0.3, 0.4) is 0 Å². The molecule has 2 heterocycles. The molecule has 0 aliphatic carbocycles. The van der Waals surface area contributed by atoms with Crippen molar-refractivity contribution in [2.24, 2.45) is 0 Å². The number of amides is 2. The summed E-state index contributed by atoms with van der Waals surface area (Å²) in [5.74, 6) is 0.836. The summed E-state index contributed by atoms with van der Waals surface area (Å²) >= 11 is 1.50. The Kier molecular flexibility index (Phi) is 4.30. The van der Waals surface area contributed by atoms with E-state index in [0.717, 1.165) is 5.56 Å². The van der Waals surface area contributed by atoms with Crippen LogP contribution in [0.25, 0.3) is 0 Å². The van der Waals surface area contributed by atoms with Gasteiger partial charge in [0.05, 0.1) is 14.2 Å². The van der Waals surface area contributed by atoms with Crippen molar-refractivity contribution in [1.29, 1.82) is 0 Å². The Hall–Kier alpha value is -2.67. The number of carbonyl (C=O) groups is 2. The third kappa shape index (κ3) is 2.73. The maximum atomic E-state index is 13.5. The first-order chi connectivity index (χ1) is 13.3. The summed E-state index contributed by atoms with van der Waals surface area (Å²) in [6.45, 7) is 4.53. The number of rotatable bonds is 3. The third-order valence-corrected chi connectivity index (χ3v) is 6.66. The van der Waals surface area contributed by atoms with Crippen molar-refractivity contribution >= 4 is 29.3 Å². The SMILES string of the molecule is COc1cccc(C(=O)N2CC(C)(C)SC23C(=O)Nc2ccc(OC)cc23)c1. The largest absolute Gasteiger partial charge is 0.497 e. The number of thioether (sulfide) groups is 1. The first kappa shape index (κ1) is 18.7. The molecule has 0 bridgehead atoms. The van der Waals surface area contributed by atoms with Gasteiger partial charge in [-0.3, -0.25) is 9.59 Å². The van der Waals surface area contributed by atoms with Crippen LogP contribution in [0.2, 0.25) is 0 Å². The summed E-state index contributed by atoms with van der Waals surface area (Å²) in [5.41, 5.74) is 1.95. The minimum atomic E-state index is -1.13. The topological polar surface area (TPSA) is 67.9 Å². The van der Waals surface area contributed by atoms with Crippen molar-refractivity contribution < 1.29 is 19.1 Å². The summed E-state index contributed by atoms with van der Waals surface area (Å²) in [7, 11) is 3.15. The molecule has 1 unspecified atom stereocenters. The molecule has 4 rings (SSSR count). The standard InChI is InChI=1S/C21H22N2O4S/c1-20(2)12-23(18(24)13-6-5-7-14(10-13)26-3)21(28-20)16-11-15(27-4)8-9-17(16)22-19(21)25/h5-11H,12H2,1-4H3,(H,22,25). The Bertz CT molecular complexity index is 975. The molecule has 6 nitrogen and oxygen atoms in total. The lowest BCUT2D eigenvalue weighted by atomic mass is 10.0. The molecule has 7 heteroatoms. The number of nitrogens with one attached hydrogen (secondary N) is 1. The average Bonchev–Trinajstić information content (AvgIpc) is 3.14. The van der Waals surface area contributed by atoms with Gasteiger partial charge >= 0.3 is 0 Å². The molecule has 2 amide bonds. The first-order valence-electron chi connectivity index (χ1n) is 8.97. The van der Waals surface area contributed by atoms with Gasteiger partial charge in [0.25, 0.3) is 11.8 Å². The van der Waals surface area contributed by atoms with Gasteiger partial charge in [-0.1, -0.05) is 6.07 Å². The Labute approximate surface area is 168 Å². The highest BCUT2D eigenvalue weighted by atomic mass is 32.2. The van der Waals surface area contributed by atoms with E-state index >= 15 is 0 Å². The lowest BCUT2D eigenvalue weighted by Gasteiger charge is -2.32. The number of benzene rings is 2. The van der Waals surface area contributed by atoms with Gasteiger partial charge in [0, 0.05) is 28.1 Å². The molecule has 2 aliphatic heterocycles. The molecule has 0 saturated carbocycles. The second-order valence-electron chi connectivity index (χ2n) is 7.49. The van der Waals surface area contributed by atoms with Crippen LogP contribution in [-0.4, -0.2) is 42.2 Å². The maximum absolute atomic E-state index is 13.5. The lowest BCUT2D eigenvalue weighted by molar-refractivity contribution is -0.121. The average molecular weight is 398 g/mol. The third-order valence-electron chi connectivity index (χ3n) is 5.05. The van der Waals surface area contributed by atoms with Gasteiger partial charge in [0.2, 0.25) is 0 Å². The minimum Gasteiger partial charge on any atom is -0.497 e. The van der Waals surface area contributed by atoms with E-state index in [0.29, 0.717) is 29.3 Å². The molecule has 1 atom stereocenters. The van der Waals surface area contributed by atoms with Crippen molar-refractivity contribution in [2.75, 3.05) is 26.1 Å². The van der Waals surface area contributed by atoms with E-state index in [9.17, 15) is 9.59 Å². The monoisotopic (exact) mass is 398 g/mol. The Morgan fingerprint density at radius 3 is 2.54 bits per heavy atom. The van der Waals surface area contributed by atoms with Crippen LogP contribution in [0.1, 0.15) is 29.8 Å². The highest BCUT2D eigenvalue weighted by molar-refractivity contribution is 8.02. The number of carbonyl (C=O) groups excluding carboxylic acids is 2. The fourth-order valence-corrected chi connectivity index (χ4v) is 5.52. The summed E-state index contributed by atoms with van der Waals surface area (Å²) in [6, 6.07) is 12.5. The summed E-state index contributed by atoms with van der Waals surface area (Å²) < 4.78 is 10.3. The Balaban J connectivity index is 1.85. The molecule has 2 aromatic carbocycles. The molecule has 1 fully saturated rings. The van der Waals surface area contributed by atoms with E-state index in [4.69, 9.17) is 9.47 Å². The molecular weight excluding hydrogens is 376 g/mol. The molecule has 1 N–H and O–H groups in total. The van der Waals surface area contributed by atoms with E-state index in [-0.39, 0.29) is 16.6 Å². The van der Waals surface area contributed by atoms with Gasteiger partial charge in [-0.2, -0.15) is 0 Å². The van der Waals surface area contributed by atoms with Crippen molar-refractivity contribution in [3.63, 3.8) is 0 Å².